The van der Waals surface area contributed by atoms with Crippen LogP contribution in [0.4, 0.5) is 0 Å². The van der Waals surface area contributed by atoms with E-state index in [4.69, 9.17) is 0 Å². The minimum Gasteiger partial charge on any atom is -0.314 e. The summed E-state index contributed by atoms with van der Waals surface area (Å²) in [7, 11) is -7.19. The first-order valence-corrected chi connectivity index (χ1v) is 8.88. The number of rotatable bonds is 6. The summed E-state index contributed by atoms with van der Waals surface area (Å²) in [5.41, 5.74) is 0. The minimum absolute atomic E-state index is 0.287. The van der Waals surface area contributed by atoms with Gasteiger partial charge in [0.25, 0.3) is 0 Å². The van der Waals surface area contributed by atoms with Crippen molar-refractivity contribution in [3.8, 4) is 0 Å². The summed E-state index contributed by atoms with van der Waals surface area (Å²) >= 11 is 0. The molecule has 1 atom stereocenters. The van der Waals surface area contributed by atoms with E-state index >= 15 is 0 Å². The first kappa shape index (κ1) is 13.9. The highest BCUT2D eigenvalue weighted by atomic mass is 32.3. The zero-order valence-corrected chi connectivity index (χ0v) is 10.9. The third-order valence-corrected chi connectivity index (χ3v) is 5.94. The number of hydrogen-bond donors (Lipinski definition) is 2. The zero-order valence-electron chi connectivity index (χ0n) is 9.27. The highest BCUT2D eigenvalue weighted by Gasteiger charge is 2.19. The average molecular weight is 270 g/mol. The Hall–Kier alpha value is -0.180. The van der Waals surface area contributed by atoms with Gasteiger partial charge >= 0.3 is 0 Å². The van der Waals surface area contributed by atoms with Gasteiger partial charge in [-0.05, 0) is 25.8 Å². The molecule has 0 aromatic heterocycles. The zero-order chi connectivity index (χ0) is 12.2. The summed E-state index contributed by atoms with van der Waals surface area (Å²) in [4.78, 5) is 0. The van der Waals surface area contributed by atoms with Crippen LogP contribution < -0.4 is 10.0 Å². The van der Waals surface area contributed by atoms with Gasteiger partial charge in [0.05, 0.1) is 0 Å². The van der Waals surface area contributed by atoms with Gasteiger partial charge in [0.1, 0.15) is 0 Å². The fraction of sp³-hybridized carbons (Fsp3) is 1.00. The van der Waals surface area contributed by atoms with Crippen LogP contribution in [0.1, 0.15) is 19.3 Å². The third-order valence-electron chi connectivity index (χ3n) is 2.35. The lowest BCUT2D eigenvalue weighted by molar-refractivity contribution is 0.540. The lowest BCUT2D eigenvalue weighted by Crippen LogP contribution is -2.33. The minimum atomic E-state index is -3.70. The molecule has 0 spiro atoms. The molecule has 16 heavy (non-hydrogen) atoms. The molecule has 0 aromatic carbocycles. The second-order valence-corrected chi connectivity index (χ2v) is 8.45. The van der Waals surface area contributed by atoms with E-state index in [2.05, 4.69) is 10.0 Å². The average Bonchev–Trinajstić information content (AvgIpc) is 2.51. The van der Waals surface area contributed by atoms with Gasteiger partial charge in [-0.3, -0.25) is 0 Å². The Morgan fingerprint density at radius 1 is 1.31 bits per heavy atom. The molecule has 0 saturated carbocycles. The Bertz CT molecular complexity index is 409. The van der Waals surface area contributed by atoms with Gasteiger partial charge in [-0.1, -0.05) is 0 Å². The van der Waals surface area contributed by atoms with E-state index in [1.807, 2.05) is 0 Å². The first-order valence-electron chi connectivity index (χ1n) is 5.17. The van der Waals surface area contributed by atoms with Crippen molar-refractivity contribution in [1.29, 1.82) is 0 Å². The molecule has 1 aliphatic rings. The Kier molecular flexibility index (Phi) is 4.72. The van der Waals surface area contributed by atoms with Crippen molar-refractivity contribution >= 4 is 19.9 Å². The fourth-order valence-corrected chi connectivity index (χ4v) is 4.73. The molecule has 8 heteroatoms. The van der Waals surface area contributed by atoms with E-state index in [0.29, 0.717) is 12.5 Å². The van der Waals surface area contributed by atoms with Crippen LogP contribution >= 0.6 is 0 Å². The maximum atomic E-state index is 11.3. The largest absolute Gasteiger partial charge is 0.314 e. The molecular formula is C8H18N2O4S2. The van der Waals surface area contributed by atoms with Gasteiger partial charge in [0.15, 0.2) is 14.9 Å². The van der Waals surface area contributed by atoms with E-state index in [9.17, 15) is 16.8 Å². The van der Waals surface area contributed by atoms with E-state index in [0.717, 1.165) is 25.6 Å². The van der Waals surface area contributed by atoms with Crippen molar-refractivity contribution < 1.29 is 16.8 Å². The molecule has 0 unspecified atom stereocenters. The van der Waals surface area contributed by atoms with Gasteiger partial charge < -0.3 is 5.32 Å². The second kappa shape index (κ2) is 5.44. The molecule has 0 radical (unpaired) electrons. The molecule has 6 nitrogen and oxygen atoms in total. The molecule has 1 fully saturated rings. The predicted octanol–water partition coefficient (Wildman–Crippen LogP) is -0.950. The summed E-state index contributed by atoms with van der Waals surface area (Å²) in [6, 6.07) is 0.348. The van der Waals surface area contributed by atoms with Crippen molar-refractivity contribution in [3.63, 3.8) is 0 Å². The number of sulfonamides is 1. The quantitative estimate of drug-likeness (QED) is 0.649. The first-order chi connectivity index (χ1) is 7.29. The molecule has 96 valence electrons. The number of nitrogens with one attached hydrogen (secondary N) is 2. The van der Waals surface area contributed by atoms with Crippen molar-refractivity contribution in [2.75, 3.05) is 24.4 Å². The maximum absolute atomic E-state index is 11.3. The smallest absolute Gasteiger partial charge is 0.226 e. The van der Waals surface area contributed by atoms with Gasteiger partial charge in [-0.15, -0.1) is 0 Å². The molecule has 0 bridgehead atoms. The monoisotopic (exact) mass is 270 g/mol. The Labute approximate surface area is 96.8 Å². The summed E-state index contributed by atoms with van der Waals surface area (Å²) in [6.07, 6.45) is 3.77. The molecule has 2 N–H and O–H groups in total. The summed E-state index contributed by atoms with van der Waals surface area (Å²) < 4.78 is 46.6. The van der Waals surface area contributed by atoms with Crippen molar-refractivity contribution in [1.82, 2.24) is 10.0 Å². The third kappa shape index (κ3) is 5.78. The Balaban J connectivity index is 2.30. The maximum Gasteiger partial charge on any atom is 0.226 e. The number of sulfone groups is 1. The second-order valence-electron chi connectivity index (χ2n) is 4.13. The summed E-state index contributed by atoms with van der Waals surface area (Å²) in [6.45, 7) is 1.26. The lowest BCUT2D eigenvalue weighted by Gasteiger charge is -2.10. The molecule has 0 aromatic rings. The lowest BCUT2D eigenvalue weighted by atomic mass is 10.2. The SMILES string of the molecule is CS(=O)(=O)CS(=O)(=O)NCC[C@H]1CCCN1. The van der Waals surface area contributed by atoms with Crippen molar-refractivity contribution in [2.24, 2.45) is 0 Å². The van der Waals surface area contributed by atoms with Crippen LogP contribution in [0, 0.1) is 0 Å². The molecule has 1 rings (SSSR count). The van der Waals surface area contributed by atoms with Crippen LogP contribution in [0.15, 0.2) is 0 Å². The van der Waals surface area contributed by atoms with Gasteiger partial charge in [0.2, 0.25) is 10.0 Å². The van der Waals surface area contributed by atoms with Crippen LogP contribution in [0.5, 0.6) is 0 Å². The number of hydrogen-bond acceptors (Lipinski definition) is 5. The molecular weight excluding hydrogens is 252 g/mol. The van der Waals surface area contributed by atoms with E-state index in [-0.39, 0.29) is 6.54 Å². The molecule has 1 heterocycles. The van der Waals surface area contributed by atoms with Crippen LogP contribution in [0.25, 0.3) is 0 Å². The fourth-order valence-electron chi connectivity index (χ4n) is 1.72. The Morgan fingerprint density at radius 3 is 2.50 bits per heavy atom. The van der Waals surface area contributed by atoms with Crippen LogP contribution in [-0.2, 0) is 19.9 Å². The normalized spacial score (nSPS) is 22.4. The Morgan fingerprint density at radius 2 is 2.00 bits per heavy atom. The molecule has 0 amide bonds. The predicted molar refractivity (Wildman–Crippen MR) is 62.3 cm³/mol. The van der Waals surface area contributed by atoms with Crippen LogP contribution in [-0.4, -0.2) is 47.3 Å². The topological polar surface area (TPSA) is 92.3 Å². The van der Waals surface area contributed by atoms with Crippen molar-refractivity contribution in [3.05, 3.63) is 0 Å². The standard InChI is InChI=1S/C8H18N2O4S2/c1-15(11,12)7-16(13,14)10-6-4-8-3-2-5-9-8/h8-10H,2-7H2,1H3/t8-/m1/s1. The molecule has 1 aliphatic heterocycles. The highest BCUT2D eigenvalue weighted by Crippen LogP contribution is 2.07. The van der Waals surface area contributed by atoms with E-state index < -0.39 is 24.9 Å². The van der Waals surface area contributed by atoms with Crippen LogP contribution in [0.3, 0.4) is 0 Å². The van der Waals surface area contributed by atoms with E-state index in [1.165, 1.54) is 0 Å². The highest BCUT2D eigenvalue weighted by molar-refractivity contribution is 8.06. The summed E-state index contributed by atoms with van der Waals surface area (Å²) in [5.74, 6) is 0. The van der Waals surface area contributed by atoms with Crippen molar-refractivity contribution in [2.45, 2.75) is 25.3 Å². The van der Waals surface area contributed by atoms with Gasteiger partial charge in [-0.2, -0.15) is 0 Å². The summed E-state index contributed by atoms with van der Waals surface area (Å²) in [5, 5.41) is 2.40. The van der Waals surface area contributed by atoms with Gasteiger partial charge in [-0.25, -0.2) is 21.6 Å². The van der Waals surface area contributed by atoms with Crippen LogP contribution in [0.2, 0.25) is 0 Å². The van der Waals surface area contributed by atoms with Gasteiger partial charge in [0, 0.05) is 18.8 Å². The molecule has 1 saturated heterocycles. The van der Waals surface area contributed by atoms with E-state index in [1.54, 1.807) is 0 Å². The molecule has 0 aliphatic carbocycles.